The number of ether oxygens (including phenoxy) is 2. The van der Waals surface area contributed by atoms with Crippen molar-refractivity contribution in [3.05, 3.63) is 23.8 Å². The van der Waals surface area contributed by atoms with Gasteiger partial charge in [0.05, 0.1) is 32.3 Å². The number of rotatable bonds is 7. The molecule has 0 radical (unpaired) electrons. The zero-order chi connectivity index (χ0) is 16.7. The van der Waals surface area contributed by atoms with Crippen molar-refractivity contribution >= 4 is 0 Å². The Bertz CT molecular complexity index is 603. The molecule has 0 aliphatic carbocycles. The first-order valence-electron chi connectivity index (χ1n) is 7.96. The Hall–Kier alpha value is -2.24. The first kappa shape index (κ1) is 17.1. The summed E-state index contributed by atoms with van der Waals surface area (Å²) < 4.78 is 10.9. The second kappa shape index (κ2) is 8.41. The fourth-order valence-electron chi connectivity index (χ4n) is 3.22. The van der Waals surface area contributed by atoms with Crippen molar-refractivity contribution in [3.63, 3.8) is 0 Å². The largest absolute Gasteiger partial charge is 0.497 e. The van der Waals surface area contributed by atoms with Crippen LogP contribution in [0.1, 0.15) is 37.3 Å². The average molecular weight is 313 g/mol. The first-order chi connectivity index (χ1) is 11.2. The lowest BCUT2D eigenvalue weighted by Crippen LogP contribution is -2.29. The van der Waals surface area contributed by atoms with E-state index >= 15 is 0 Å². The molecule has 1 fully saturated rings. The Morgan fingerprint density at radius 1 is 1.30 bits per heavy atom. The quantitative estimate of drug-likeness (QED) is 0.772. The summed E-state index contributed by atoms with van der Waals surface area (Å²) in [5.74, 6) is 1.56. The second-order valence-corrected chi connectivity index (χ2v) is 5.78. The van der Waals surface area contributed by atoms with Crippen molar-refractivity contribution in [2.75, 3.05) is 27.3 Å². The molecule has 5 heteroatoms. The number of benzene rings is 1. The number of nitriles is 2. The van der Waals surface area contributed by atoms with E-state index in [1.54, 1.807) is 14.2 Å². The summed E-state index contributed by atoms with van der Waals surface area (Å²) in [5.41, 5.74) is 1.11. The van der Waals surface area contributed by atoms with E-state index in [2.05, 4.69) is 17.0 Å². The Labute approximate surface area is 138 Å². The van der Waals surface area contributed by atoms with Crippen LogP contribution >= 0.6 is 0 Å². The van der Waals surface area contributed by atoms with E-state index in [0.717, 1.165) is 36.4 Å². The van der Waals surface area contributed by atoms with Gasteiger partial charge in [-0.15, -0.1) is 0 Å². The number of nitrogens with zero attached hydrogens (tertiary/aromatic N) is 3. The molecule has 2 unspecified atom stereocenters. The zero-order valence-corrected chi connectivity index (χ0v) is 13.8. The van der Waals surface area contributed by atoms with Crippen molar-refractivity contribution in [1.82, 2.24) is 4.90 Å². The Balaban J connectivity index is 2.18. The summed E-state index contributed by atoms with van der Waals surface area (Å²) in [4.78, 5) is 2.34. The van der Waals surface area contributed by atoms with Crippen LogP contribution in [0.3, 0.4) is 0 Å². The highest BCUT2D eigenvalue weighted by Gasteiger charge is 2.30. The Morgan fingerprint density at radius 3 is 2.78 bits per heavy atom. The molecule has 0 aromatic heterocycles. The molecule has 1 aromatic carbocycles. The van der Waals surface area contributed by atoms with Gasteiger partial charge >= 0.3 is 0 Å². The SMILES string of the molecule is COc1ccc(OC)c(C2CCCN2CC(C#N)CCC#N)c1. The molecule has 5 nitrogen and oxygen atoms in total. The molecular weight excluding hydrogens is 290 g/mol. The van der Waals surface area contributed by atoms with Crippen LogP contribution in [0.4, 0.5) is 0 Å². The summed E-state index contributed by atoms with van der Waals surface area (Å²) >= 11 is 0. The molecular formula is C18H23N3O2. The van der Waals surface area contributed by atoms with Crippen molar-refractivity contribution in [2.24, 2.45) is 5.92 Å². The molecule has 122 valence electrons. The third-order valence-corrected chi connectivity index (χ3v) is 4.40. The maximum Gasteiger partial charge on any atom is 0.123 e. The number of likely N-dealkylation sites (tertiary alicyclic amines) is 1. The van der Waals surface area contributed by atoms with Crippen LogP contribution in [-0.2, 0) is 0 Å². The molecule has 2 atom stereocenters. The van der Waals surface area contributed by atoms with E-state index in [9.17, 15) is 5.26 Å². The third-order valence-electron chi connectivity index (χ3n) is 4.40. The van der Waals surface area contributed by atoms with E-state index in [4.69, 9.17) is 14.7 Å². The van der Waals surface area contributed by atoms with Crippen molar-refractivity contribution in [2.45, 2.75) is 31.7 Å². The summed E-state index contributed by atoms with van der Waals surface area (Å²) in [6.45, 7) is 1.67. The topological polar surface area (TPSA) is 69.3 Å². The molecule has 1 saturated heterocycles. The molecule has 0 N–H and O–H groups in total. The summed E-state index contributed by atoms with van der Waals surface area (Å²) in [6, 6.07) is 10.6. The van der Waals surface area contributed by atoms with Gasteiger partial charge in [-0.05, 0) is 44.0 Å². The molecule has 1 aliphatic heterocycles. The summed E-state index contributed by atoms with van der Waals surface area (Å²) in [6.07, 6.45) is 3.20. The smallest absolute Gasteiger partial charge is 0.123 e. The minimum atomic E-state index is -0.105. The lowest BCUT2D eigenvalue weighted by Gasteiger charge is -2.28. The molecule has 1 aromatic rings. The number of hydrogen-bond donors (Lipinski definition) is 0. The number of methoxy groups -OCH3 is 2. The normalized spacial score (nSPS) is 18.9. The van der Waals surface area contributed by atoms with Gasteiger partial charge in [-0.1, -0.05) is 0 Å². The highest BCUT2D eigenvalue weighted by molar-refractivity contribution is 5.42. The first-order valence-corrected chi connectivity index (χ1v) is 7.96. The van der Waals surface area contributed by atoms with Gasteiger partial charge < -0.3 is 9.47 Å². The highest BCUT2D eigenvalue weighted by Crippen LogP contribution is 2.39. The van der Waals surface area contributed by atoms with Crippen LogP contribution < -0.4 is 9.47 Å². The maximum absolute atomic E-state index is 9.32. The third kappa shape index (κ3) is 4.15. The van der Waals surface area contributed by atoms with Gasteiger partial charge in [0, 0.05) is 24.6 Å². The monoisotopic (exact) mass is 313 g/mol. The fourth-order valence-corrected chi connectivity index (χ4v) is 3.22. The second-order valence-electron chi connectivity index (χ2n) is 5.78. The highest BCUT2D eigenvalue weighted by atomic mass is 16.5. The fraction of sp³-hybridized carbons (Fsp3) is 0.556. The van der Waals surface area contributed by atoms with Gasteiger partial charge in [0.1, 0.15) is 11.5 Å². The minimum absolute atomic E-state index is 0.105. The predicted molar refractivity (Wildman–Crippen MR) is 87.0 cm³/mol. The standard InChI is InChI=1S/C18H23N3O2/c1-22-15-7-8-18(23-2)16(11-15)17-6-4-10-21(17)13-14(12-20)5-3-9-19/h7-8,11,14,17H,3-6,10,13H2,1-2H3. The molecule has 23 heavy (non-hydrogen) atoms. The van der Waals surface area contributed by atoms with Crippen LogP contribution in [0.15, 0.2) is 18.2 Å². The zero-order valence-electron chi connectivity index (χ0n) is 13.8. The van der Waals surface area contributed by atoms with Crippen molar-refractivity contribution in [1.29, 1.82) is 10.5 Å². The van der Waals surface area contributed by atoms with E-state index in [0.29, 0.717) is 19.4 Å². The molecule has 0 bridgehead atoms. The molecule has 1 heterocycles. The van der Waals surface area contributed by atoms with Gasteiger partial charge in [0.15, 0.2) is 0 Å². The molecule has 1 aliphatic rings. The van der Waals surface area contributed by atoms with E-state index < -0.39 is 0 Å². The lowest BCUT2D eigenvalue weighted by atomic mass is 10.0. The van der Waals surface area contributed by atoms with E-state index in [1.165, 1.54) is 0 Å². The van der Waals surface area contributed by atoms with Gasteiger partial charge in [-0.2, -0.15) is 10.5 Å². The molecule has 0 spiro atoms. The maximum atomic E-state index is 9.32. The molecule has 2 rings (SSSR count). The Kier molecular flexibility index (Phi) is 6.26. The van der Waals surface area contributed by atoms with Crippen LogP contribution in [0.25, 0.3) is 0 Å². The van der Waals surface area contributed by atoms with Crippen LogP contribution in [0.5, 0.6) is 11.5 Å². The minimum Gasteiger partial charge on any atom is -0.497 e. The van der Waals surface area contributed by atoms with Crippen LogP contribution in [0.2, 0.25) is 0 Å². The van der Waals surface area contributed by atoms with Crippen molar-refractivity contribution < 1.29 is 9.47 Å². The molecule has 0 saturated carbocycles. The molecule has 0 amide bonds. The van der Waals surface area contributed by atoms with Gasteiger partial charge in [0.2, 0.25) is 0 Å². The average Bonchev–Trinajstić information content (AvgIpc) is 3.05. The van der Waals surface area contributed by atoms with E-state index in [1.807, 2.05) is 18.2 Å². The summed E-state index contributed by atoms with van der Waals surface area (Å²) in [7, 11) is 3.33. The summed E-state index contributed by atoms with van der Waals surface area (Å²) in [5, 5.41) is 18.0. The van der Waals surface area contributed by atoms with Gasteiger partial charge in [0.25, 0.3) is 0 Å². The van der Waals surface area contributed by atoms with Crippen LogP contribution in [-0.4, -0.2) is 32.2 Å². The van der Waals surface area contributed by atoms with Gasteiger partial charge in [-0.25, -0.2) is 0 Å². The predicted octanol–water partition coefficient (Wildman–Crippen LogP) is 3.28. The lowest BCUT2D eigenvalue weighted by molar-refractivity contribution is 0.226. The van der Waals surface area contributed by atoms with E-state index in [-0.39, 0.29) is 12.0 Å². The van der Waals surface area contributed by atoms with Crippen LogP contribution in [0, 0.1) is 28.6 Å². The Morgan fingerprint density at radius 2 is 2.13 bits per heavy atom. The van der Waals surface area contributed by atoms with Gasteiger partial charge in [-0.3, -0.25) is 4.90 Å². The number of hydrogen-bond acceptors (Lipinski definition) is 5. The van der Waals surface area contributed by atoms with Crippen molar-refractivity contribution in [3.8, 4) is 23.6 Å².